The first-order valence-electron chi connectivity index (χ1n) is 10.6. The van der Waals surface area contributed by atoms with Gasteiger partial charge in [0.25, 0.3) is 5.91 Å². The van der Waals surface area contributed by atoms with Crippen LogP contribution >= 0.6 is 23.2 Å². The minimum absolute atomic E-state index is 0.0126. The average molecular weight is 457 g/mol. The molecule has 4 rings (SSSR count). The highest BCUT2D eigenvalue weighted by Gasteiger charge is 2.34. The number of rotatable bonds is 6. The molecule has 2 aliphatic heterocycles. The highest BCUT2D eigenvalue weighted by molar-refractivity contribution is 6.42. The van der Waals surface area contributed by atoms with Crippen molar-refractivity contribution < 1.29 is 4.79 Å². The average Bonchev–Trinajstić information content (AvgIpc) is 3.23. The number of hydrogen-bond donors (Lipinski definition) is 1. The highest BCUT2D eigenvalue weighted by Crippen LogP contribution is 2.34. The Labute approximate surface area is 193 Å². The summed E-state index contributed by atoms with van der Waals surface area (Å²) in [6.45, 7) is 1.47. The molecule has 0 saturated carbocycles. The lowest BCUT2D eigenvalue weighted by molar-refractivity contribution is 0.0679. The molecule has 0 aliphatic carbocycles. The molecular weight excluding hydrogens is 431 g/mol. The molecule has 1 aromatic carbocycles. The summed E-state index contributed by atoms with van der Waals surface area (Å²) in [4.78, 5) is 24.3. The van der Waals surface area contributed by atoms with Crippen LogP contribution in [0.5, 0.6) is 0 Å². The number of nitrogens with zero attached hydrogens (tertiary/aromatic N) is 3. The fourth-order valence-corrected chi connectivity index (χ4v) is 4.73. The van der Waals surface area contributed by atoms with Gasteiger partial charge in [-0.25, -0.2) is 4.98 Å². The summed E-state index contributed by atoms with van der Waals surface area (Å²) in [7, 11) is 1.88. The molecule has 0 spiro atoms. The third-order valence-electron chi connectivity index (χ3n) is 6.08. The van der Waals surface area contributed by atoms with Gasteiger partial charge in [-0.05, 0) is 61.6 Å². The first-order valence-corrected chi connectivity index (χ1v) is 11.3. The number of carbonyl (C=O) groups excluding carboxylic acids is 1. The zero-order valence-corrected chi connectivity index (χ0v) is 19.0. The lowest BCUT2D eigenvalue weighted by Crippen LogP contribution is -2.40. The minimum atomic E-state index is -0.250. The Hall–Kier alpha value is -2.37. The number of halogens is 2. The summed E-state index contributed by atoms with van der Waals surface area (Å²) in [6.07, 6.45) is 9.78. The molecule has 1 unspecified atom stereocenters. The second kappa shape index (κ2) is 9.41. The summed E-state index contributed by atoms with van der Waals surface area (Å²) in [5, 5.41) is 3.97. The number of benzene rings is 1. The SMILES string of the molecule is CNc1cccc(CC2(CC3CCN(C(=O)c4ccc(Cl)c(Cl)c4)CC3)C=CC=N2)n1. The Bertz CT molecular complexity index is 1000. The van der Waals surface area contributed by atoms with Crippen LogP contribution in [-0.2, 0) is 6.42 Å². The maximum Gasteiger partial charge on any atom is 0.253 e. The smallest absolute Gasteiger partial charge is 0.253 e. The third kappa shape index (κ3) is 5.10. The molecule has 2 aromatic rings. The van der Waals surface area contributed by atoms with Gasteiger partial charge in [0.05, 0.1) is 15.6 Å². The molecule has 1 fully saturated rings. The van der Waals surface area contributed by atoms with Crippen molar-refractivity contribution in [1.82, 2.24) is 9.88 Å². The number of allylic oxidation sites excluding steroid dienone is 1. The van der Waals surface area contributed by atoms with Crippen molar-refractivity contribution in [2.45, 2.75) is 31.2 Å². The Morgan fingerprint density at radius 3 is 2.68 bits per heavy atom. The molecule has 1 N–H and O–H groups in total. The molecule has 1 aromatic heterocycles. The van der Waals surface area contributed by atoms with Crippen LogP contribution < -0.4 is 5.32 Å². The number of aliphatic imine (C=N–C) groups is 1. The topological polar surface area (TPSA) is 57.6 Å². The van der Waals surface area contributed by atoms with E-state index in [4.69, 9.17) is 28.2 Å². The summed E-state index contributed by atoms with van der Waals surface area (Å²) in [6, 6.07) is 11.1. The molecule has 1 amide bonds. The van der Waals surface area contributed by atoms with Gasteiger partial charge in [-0.2, -0.15) is 0 Å². The van der Waals surface area contributed by atoms with Gasteiger partial charge in [0.15, 0.2) is 0 Å². The van der Waals surface area contributed by atoms with Crippen molar-refractivity contribution in [2.75, 3.05) is 25.5 Å². The molecule has 1 atom stereocenters. The Morgan fingerprint density at radius 2 is 2.00 bits per heavy atom. The van der Waals surface area contributed by atoms with Gasteiger partial charge in [-0.3, -0.25) is 9.79 Å². The van der Waals surface area contributed by atoms with Crippen molar-refractivity contribution in [2.24, 2.45) is 10.9 Å². The fourth-order valence-electron chi connectivity index (χ4n) is 4.44. The molecule has 5 nitrogen and oxygen atoms in total. The van der Waals surface area contributed by atoms with Crippen molar-refractivity contribution >= 4 is 41.1 Å². The van der Waals surface area contributed by atoms with Crippen LogP contribution in [0.15, 0.2) is 53.5 Å². The van der Waals surface area contributed by atoms with Crippen LogP contribution in [0.2, 0.25) is 10.0 Å². The van der Waals surface area contributed by atoms with Crippen LogP contribution in [0.25, 0.3) is 0 Å². The van der Waals surface area contributed by atoms with E-state index >= 15 is 0 Å². The van der Waals surface area contributed by atoms with Gasteiger partial charge in [0, 0.05) is 44.0 Å². The van der Waals surface area contributed by atoms with Gasteiger partial charge in [0.1, 0.15) is 5.82 Å². The minimum Gasteiger partial charge on any atom is -0.373 e. The summed E-state index contributed by atoms with van der Waals surface area (Å²) in [5.41, 5.74) is 1.37. The summed E-state index contributed by atoms with van der Waals surface area (Å²) < 4.78 is 0. The quantitative estimate of drug-likeness (QED) is 0.641. The van der Waals surface area contributed by atoms with Crippen LogP contribution in [0, 0.1) is 5.92 Å². The first-order chi connectivity index (χ1) is 15.0. The van der Waals surface area contributed by atoms with Crippen LogP contribution in [-0.4, -0.2) is 47.7 Å². The van der Waals surface area contributed by atoms with E-state index < -0.39 is 0 Å². The standard InChI is InChI=1S/C24H26Cl2N4O/c1-27-22-5-2-4-19(29-22)16-24(10-3-11-28-24)15-17-8-12-30(13-9-17)23(31)18-6-7-20(25)21(26)14-18/h2-7,10-11,14,17H,8-9,12-13,15-16H2,1H3,(H,27,29). The van der Waals surface area contributed by atoms with E-state index in [1.807, 2.05) is 36.4 Å². The second-order valence-electron chi connectivity index (χ2n) is 8.25. The van der Waals surface area contributed by atoms with Gasteiger partial charge < -0.3 is 10.2 Å². The van der Waals surface area contributed by atoms with Crippen molar-refractivity contribution in [3.8, 4) is 0 Å². The fraction of sp³-hybridized carbons (Fsp3) is 0.375. The number of piperidine rings is 1. The molecule has 3 heterocycles. The van der Waals surface area contributed by atoms with E-state index in [2.05, 4.69) is 22.4 Å². The molecule has 0 radical (unpaired) electrons. The maximum atomic E-state index is 12.9. The van der Waals surface area contributed by atoms with Gasteiger partial charge in [-0.1, -0.05) is 35.3 Å². The highest BCUT2D eigenvalue weighted by atomic mass is 35.5. The largest absolute Gasteiger partial charge is 0.373 e. The number of nitrogens with one attached hydrogen (secondary N) is 1. The molecule has 162 valence electrons. The Balaban J connectivity index is 1.38. The molecule has 7 heteroatoms. The third-order valence-corrected chi connectivity index (χ3v) is 6.82. The van der Waals surface area contributed by atoms with E-state index in [0.717, 1.165) is 50.3 Å². The summed E-state index contributed by atoms with van der Waals surface area (Å²) in [5.74, 6) is 1.39. The second-order valence-corrected chi connectivity index (χ2v) is 9.06. The lowest BCUT2D eigenvalue weighted by atomic mass is 9.80. The Morgan fingerprint density at radius 1 is 1.19 bits per heavy atom. The van der Waals surface area contributed by atoms with Gasteiger partial charge in [-0.15, -0.1) is 0 Å². The predicted octanol–water partition coefficient (Wildman–Crippen LogP) is 5.29. The van der Waals surface area contributed by atoms with Gasteiger partial charge >= 0.3 is 0 Å². The molecule has 1 saturated heterocycles. The number of aromatic nitrogens is 1. The molecule has 31 heavy (non-hydrogen) atoms. The molecule has 0 bridgehead atoms. The number of hydrogen-bond acceptors (Lipinski definition) is 4. The predicted molar refractivity (Wildman–Crippen MR) is 128 cm³/mol. The first kappa shape index (κ1) is 21.8. The van der Waals surface area contributed by atoms with E-state index in [-0.39, 0.29) is 11.4 Å². The molecule has 2 aliphatic rings. The number of carbonyl (C=O) groups is 1. The maximum absolute atomic E-state index is 12.9. The number of pyridine rings is 1. The van der Waals surface area contributed by atoms with E-state index in [9.17, 15) is 4.79 Å². The zero-order chi connectivity index (χ0) is 21.8. The van der Waals surface area contributed by atoms with E-state index in [0.29, 0.717) is 21.5 Å². The zero-order valence-electron chi connectivity index (χ0n) is 17.5. The number of likely N-dealkylation sites (tertiary alicyclic amines) is 1. The van der Waals surface area contributed by atoms with E-state index in [1.54, 1.807) is 18.2 Å². The van der Waals surface area contributed by atoms with Gasteiger partial charge in [0.2, 0.25) is 0 Å². The van der Waals surface area contributed by atoms with E-state index in [1.165, 1.54) is 0 Å². The van der Waals surface area contributed by atoms with Crippen molar-refractivity contribution in [1.29, 1.82) is 0 Å². The van der Waals surface area contributed by atoms with Crippen LogP contribution in [0.3, 0.4) is 0 Å². The Kier molecular flexibility index (Phi) is 6.63. The summed E-state index contributed by atoms with van der Waals surface area (Å²) >= 11 is 12.1. The monoisotopic (exact) mass is 456 g/mol. The van der Waals surface area contributed by atoms with Crippen molar-refractivity contribution in [3.63, 3.8) is 0 Å². The normalized spacial score (nSPS) is 20.9. The number of amides is 1. The lowest BCUT2D eigenvalue weighted by Gasteiger charge is -2.36. The number of anilines is 1. The van der Waals surface area contributed by atoms with Crippen LogP contribution in [0.4, 0.5) is 5.82 Å². The molecular formula is C24H26Cl2N4O. The van der Waals surface area contributed by atoms with Crippen LogP contribution in [0.1, 0.15) is 35.3 Å². The van der Waals surface area contributed by atoms with Crippen molar-refractivity contribution in [3.05, 3.63) is 69.9 Å².